The molecule has 0 aromatic heterocycles. The molecule has 0 heterocycles. The Morgan fingerprint density at radius 2 is 1.90 bits per heavy atom. The van der Waals surface area contributed by atoms with Gasteiger partial charge < -0.3 is 9.47 Å². The van der Waals surface area contributed by atoms with E-state index < -0.39 is 11.7 Å². The van der Waals surface area contributed by atoms with E-state index in [1.807, 2.05) is 0 Å². The second-order valence-electron chi connectivity index (χ2n) is 5.53. The molecule has 1 amide bonds. The Kier molecular flexibility index (Phi) is 5.13. The molecule has 5 heteroatoms. The number of benzene rings is 1. The topological polar surface area (TPSA) is 64.6 Å². The number of ether oxygens (including phenoxy) is 2. The van der Waals surface area contributed by atoms with E-state index in [1.165, 1.54) is 14.0 Å². The van der Waals surface area contributed by atoms with E-state index in [2.05, 4.69) is 5.32 Å². The number of hydrogen-bond donors (Lipinski definition) is 1. The maximum Gasteiger partial charge on any atom is 0.412 e. The molecule has 0 aliphatic carbocycles. The molecule has 0 fully saturated rings. The van der Waals surface area contributed by atoms with Crippen molar-refractivity contribution >= 4 is 17.6 Å². The zero-order valence-electron chi connectivity index (χ0n) is 12.6. The van der Waals surface area contributed by atoms with E-state index in [4.69, 9.17) is 9.47 Å². The molecule has 0 radical (unpaired) electrons. The molecule has 20 heavy (non-hydrogen) atoms. The molecule has 5 nitrogen and oxygen atoms in total. The van der Waals surface area contributed by atoms with E-state index in [0.29, 0.717) is 11.4 Å². The van der Waals surface area contributed by atoms with Crippen molar-refractivity contribution in [1.29, 1.82) is 0 Å². The fraction of sp³-hybridized carbons (Fsp3) is 0.467. The lowest BCUT2D eigenvalue weighted by molar-refractivity contribution is -0.116. The van der Waals surface area contributed by atoms with Crippen molar-refractivity contribution in [3.05, 3.63) is 23.8 Å². The number of hydrogen-bond acceptors (Lipinski definition) is 4. The molecule has 1 rings (SSSR count). The molecule has 1 N–H and O–H groups in total. The molecule has 0 unspecified atom stereocenters. The standard InChI is InChI=1S/C15H21NO4/c1-10(17)8-11-6-7-12(19-5)9-13(11)16-14(18)20-15(2,3)4/h6-7,9H,8H2,1-5H3,(H,16,18). The molecular formula is C15H21NO4. The minimum absolute atomic E-state index is 0.0161. The van der Waals surface area contributed by atoms with Crippen molar-refractivity contribution in [2.45, 2.75) is 39.7 Å². The SMILES string of the molecule is COc1ccc(CC(C)=O)c(NC(=O)OC(C)(C)C)c1. The third-order valence-electron chi connectivity index (χ3n) is 2.39. The summed E-state index contributed by atoms with van der Waals surface area (Å²) in [5, 5.41) is 2.65. The van der Waals surface area contributed by atoms with Crippen LogP contribution in [0.5, 0.6) is 5.75 Å². The van der Waals surface area contributed by atoms with Gasteiger partial charge in [-0.25, -0.2) is 4.79 Å². The Bertz CT molecular complexity index is 503. The molecule has 1 aromatic rings. The van der Waals surface area contributed by atoms with Crippen LogP contribution in [0.1, 0.15) is 33.3 Å². The first kappa shape index (κ1) is 16.0. The van der Waals surface area contributed by atoms with Gasteiger partial charge in [0.05, 0.1) is 12.8 Å². The Labute approximate surface area is 119 Å². The van der Waals surface area contributed by atoms with Crippen molar-refractivity contribution < 1.29 is 19.1 Å². The van der Waals surface area contributed by atoms with Crippen LogP contribution in [0.2, 0.25) is 0 Å². The molecule has 0 aliphatic heterocycles. The minimum atomic E-state index is -0.580. The van der Waals surface area contributed by atoms with E-state index in [-0.39, 0.29) is 12.2 Å². The summed E-state index contributed by atoms with van der Waals surface area (Å²) in [4.78, 5) is 23.1. The largest absolute Gasteiger partial charge is 0.497 e. The van der Waals surface area contributed by atoms with Crippen LogP contribution in [0.15, 0.2) is 18.2 Å². The van der Waals surface area contributed by atoms with Crippen molar-refractivity contribution in [2.75, 3.05) is 12.4 Å². The second kappa shape index (κ2) is 6.41. The van der Waals surface area contributed by atoms with Crippen LogP contribution < -0.4 is 10.1 Å². The van der Waals surface area contributed by atoms with Gasteiger partial charge in [0.15, 0.2) is 0 Å². The zero-order valence-corrected chi connectivity index (χ0v) is 12.6. The van der Waals surface area contributed by atoms with Gasteiger partial charge in [0.25, 0.3) is 0 Å². The highest BCUT2D eigenvalue weighted by atomic mass is 16.6. The van der Waals surface area contributed by atoms with Crippen molar-refractivity contribution in [3.63, 3.8) is 0 Å². The number of ketones is 1. The van der Waals surface area contributed by atoms with E-state index in [1.54, 1.807) is 39.0 Å². The highest BCUT2D eigenvalue weighted by molar-refractivity contribution is 5.88. The van der Waals surface area contributed by atoms with Gasteiger partial charge in [-0.05, 0) is 39.3 Å². The maximum absolute atomic E-state index is 11.8. The van der Waals surface area contributed by atoms with Crippen molar-refractivity contribution in [2.24, 2.45) is 0 Å². The first-order valence-electron chi connectivity index (χ1n) is 6.37. The molecule has 0 atom stereocenters. The van der Waals surface area contributed by atoms with Gasteiger partial charge in [0, 0.05) is 12.5 Å². The molecule has 0 bridgehead atoms. The molecule has 0 saturated heterocycles. The molecule has 0 saturated carbocycles. The summed E-state index contributed by atoms with van der Waals surface area (Å²) in [6.07, 6.45) is -0.315. The summed E-state index contributed by atoms with van der Waals surface area (Å²) in [5.74, 6) is 0.616. The number of amides is 1. The fourth-order valence-corrected chi connectivity index (χ4v) is 1.63. The van der Waals surface area contributed by atoms with Gasteiger partial charge >= 0.3 is 6.09 Å². The lowest BCUT2D eigenvalue weighted by atomic mass is 10.1. The Morgan fingerprint density at radius 3 is 2.40 bits per heavy atom. The van der Waals surface area contributed by atoms with E-state index in [9.17, 15) is 9.59 Å². The van der Waals surface area contributed by atoms with Crippen molar-refractivity contribution in [1.82, 2.24) is 0 Å². The predicted octanol–water partition coefficient (Wildman–Crippen LogP) is 3.17. The minimum Gasteiger partial charge on any atom is -0.497 e. The Balaban J connectivity index is 2.95. The average Bonchev–Trinajstić information content (AvgIpc) is 2.28. The van der Waals surface area contributed by atoms with Gasteiger partial charge in [-0.15, -0.1) is 0 Å². The summed E-state index contributed by atoms with van der Waals surface area (Å²) in [7, 11) is 1.54. The van der Waals surface area contributed by atoms with Crippen LogP contribution in [-0.4, -0.2) is 24.6 Å². The number of carbonyl (C=O) groups excluding carboxylic acids is 2. The summed E-state index contributed by atoms with van der Waals surface area (Å²) >= 11 is 0. The fourth-order valence-electron chi connectivity index (χ4n) is 1.63. The number of rotatable bonds is 4. The number of nitrogens with one attached hydrogen (secondary N) is 1. The molecular weight excluding hydrogens is 258 g/mol. The Hall–Kier alpha value is -2.04. The number of Topliss-reactive ketones (excluding diaryl/α,β-unsaturated/α-hetero) is 1. The third kappa shape index (κ3) is 5.30. The highest BCUT2D eigenvalue weighted by Crippen LogP contribution is 2.24. The van der Waals surface area contributed by atoms with E-state index >= 15 is 0 Å². The van der Waals surface area contributed by atoms with Crippen LogP contribution in [0.4, 0.5) is 10.5 Å². The second-order valence-corrected chi connectivity index (χ2v) is 5.53. The molecule has 1 aromatic carbocycles. The molecule has 0 spiro atoms. The van der Waals surface area contributed by atoms with Crippen LogP contribution in [0.3, 0.4) is 0 Å². The van der Waals surface area contributed by atoms with Crippen LogP contribution in [0.25, 0.3) is 0 Å². The van der Waals surface area contributed by atoms with Gasteiger partial charge in [-0.2, -0.15) is 0 Å². The average molecular weight is 279 g/mol. The predicted molar refractivity (Wildman–Crippen MR) is 77.2 cm³/mol. The number of anilines is 1. The van der Waals surface area contributed by atoms with Gasteiger partial charge in [-0.1, -0.05) is 6.07 Å². The quantitative estimate of drug-likeness (QED) is 0.919. The summed E-state index contributed by atoms with van der Waals surface area (Å²) in [6.45, 7) is 6.86. The van der Waals surface area contributed by atoms with Crippen LogP contribution in [-0.2, 0) is 16.0 Å². The third-order valence-corrected chi connectivity index (χ3v) is 2.39. The number of methoxy groups -OCH3 is 1. The summed E-state index contributed by atoms with van der Waals surface area (Å²) < 4.78 is 10.3. The maximum atomic E-state index is 11.8. The van der Waals surface area contributed by atoms with E-state index in [0.717, 1.165) is 5.56 Å². The summed E-state index contributed by atoms with van der Waals surface area (Å²) in [5.41, 5.74) is 0.668. The van der Waals surface area contributed by atoms with Gasteiger partial charge in [-0.3, -0.25) is 10.1 Å². The monoisotopic (exact) mass is 279 g/mol. The van der Waals surface area contributed by atoms with Crippen LogP contribution >= 0.6 is 0 Å². The summed E-state index contributed by atoms with van der Waals surface area (Å²) in [6, 6.07) is 5.17. The molecule has 0 aliphatic rings. The first-order valence-corrected chi connectivity index (χ1v) is 6.37. The Morgan fingerprint density at radius 1 is 1.25 bits per heavy atom. The van der Waals surface area contributed by atoms with Crippen molar-refractivity contribution in [3.8, 4) is 5.75 Å². The molecule has 110 valence electrons. The number of carbonyl (C=O) groups is 2. The van der Waals surface area contributed by atoms with Gasteiger partial charge in [0.1, 0.15) is 17.1 Å². The zero-order chi connectivity index (χ0) is 15.3. The lowest BCUT2D eigenvalue weighted by Gasteiger charge is -2.20. The lowest BCUT2D eigenvalue weighted by Crippen LogP contribution is -2.27. The first-order chi connectivity index (χ1) is 9.21. The highest BCUT2D eigenvalue weighted by Gasteiger charge is 2.17. The normalized spacial score (nSPS) is 10.8. The van der Waals surface area contributed by atoms with Crippen LogP contribution in [0, 0.1) is 0 Å². The van der Waals surface area contributed by atoms with Gasteiger partial charge in [0.2, 0.25) is 0 Å². The smallest absolute Gasteiger partial charge is 0.412 e.